The van der Waals surface area contributed by atoms with Gasteiger partial charge in [0.15, 0.2) is 5.79 Å². The zero-order chi connectivity index (χ0) is 24.6. The normalized spacial score (nSPS) is 23.5. The molecule has 2 atom stereocenters. The third kappa shape index (κ3) is 3.38. The topological polar surface area (TPSA) is 38.7 Å². The highest BCUT2D eigenvalue weighted by atomic mass is 16.7. The SMILES string of the molecule is CO[C@]12CCC[C@@]1(C(O)(c1ccc(-c3ccccc3)cc1)c1ccc(-c3ccccc3)cc1)CCO2. The predicted octanol–water partition coefficient (Wildman–Crippen LogP) is 7.19. The predicted molar refractivity (Wildman–Crippen MR) is 143 cm³/mol. The van der Waals surface area contributed by atoms with Crippen LogP contribution in [0.3, 0.4) is 0 Å². The molecule has 182 valence electrons. The van der Waals surface area contributed by atoms with Gasteiger partial charge in [-0.25, -0.2) is 0 Å². The summed E-state index contributed by atoms with van der Waals surface area (Å²) in [5.41, 5.74) is 4.50. The van der Waals surface area contributed by atoms with Crippen molar-refractivity contribution in [2.75, 3.05) is 13.7 Å². The lowest BCUT2D eigenvalue weighted by Gasteiger charge is -2.50. The molecule has 1 N–H and O–H groups in total. The van der Waals surface area contributed by atoms with Gasteiger partial charge in [0.2, 0.25) is 0 Å². The molecule has 4 aromatic carbocycles. The van der Waals surface area contributed by atoms with E-state index >= 15 is 0 Å². The number of rotatable bonds is 6. The summed E-state index contributed by atoms with van der Waals surface area (Å²) < 4.78 is 12.4. The van der Waals surface area contributed by atoms with Crippen LogP contribution >= 0.6 is 0 Å². The number of methoxy groups -OCH3 is 1. The maximum Gasteiger partial charge on any atom is 0.176 e. The van der Waals surface area contributed by atoms with Crippen molar-refractivity contribution < 1.29 is 14.6 Å². The Hall–Kier alpha value is -3.24. The lowest BCUT2D eigenvalue weighted by Crippen LogP contribution is -2.56. The van der Waals surface area contributed by atoms with Crippen LogP contribution in [0.5, 0.6) is 0 Å². The Balaban J connectivity index is 1.49. The van der Waals surface area contributed by atoms with Crippen molar-refractivity contribution in [3.63, 3.8) is 0 Å². The molecule has 0 aromatic heterocycles. The number of benzene rings is 4. The molecule has 0 amide bonds. The second kappa shape index (κ2) is 9.01. The Morgan fingerprint density at radius 2 is 1.11 bits per heavy atom. The van der Waals surface area contributed by atoms with E-state index in [1.54, 1.807) is 7.11 Å². The van der Waals surface area contributed by atoms with Crippen molar-refractivity contribution in [1.82, 2.24) is 0 Å². The molecule has 3 heteroatoms. The molecule has 2 aliphatic rings. The summed E-state index contributed by atoms with van der Waals surface area (Å²) in [5.74, 6) is -0.794. The zero-order valence-corrected chi connectivity index (χ0v) is 20.7. The molecule has 3 nitrogen and oxygen atoms in total. The average Bonchev–Trinajstić information content (AvgIpc) is 3.51. The van der Waals surface area contributed by atoms with Crippen LogP contribution in [0.25, 0.3) is 22.3 Å². The third-order valence-electron chi connectivity index (χ3n) is 8.54. The summed E-state index contributed by atoms with van der Waals surface area (Å²) in [6, 6.07) is 37.5. The number of ether oxygens (including phenoxy) is 2. The molecule has 2 fully saturated rings. The Bertz CT molecular complexity index is 1220. The van der Waals surface area contributed by atoms with Gasteiger partial charge in [0, 0.05) is 13.5 Å². The van der Waals surface area contributed by atoms with Gasteiger partial charge in [0.25, 0.3) is 0 Å². The van der Waals surface area contributed by atoms with E-state index in [-0.39, 0.29) is 0 Å². The fraction of sp³-hybridized carbons (Fsp3) is 0.273. The van der Waals surface area contributed by atoms with Gasteiger partial charge < -0.3 is 14.6 Å². The van der Waals surface area contributed by atoms with Gasteiger partial charge in [0.1, 0.15) is 5.60 Å². The van der Waals surface area contributed by atoms with Gasteiger partial charge in [-0.1, -0.05) is 109 Å². The molecule has 0 radical (unpaired) electrons. The maximum absolute atomic E-state index is 13.0. The highest BCUT2D eigenvalue weighted by Gasteiger charge is 2.70. The van der Waals surface area contributed by atoms with E-state index in [9.17, 15) is 5.11 Å². The summed E-state index contributed by atoms with van der Waals surface area (Å²) in [5, 5.41) is 13.0. The lowest BCUT2D eigenvalue weighted by molar-refractivity contribution is -0.268. The van der Waals surface area contributed by atoms with Gasteiger partial charge in [0.05, 0.1) is 12.0 Å². The third-order valence-corrected chi connectivity index (χ3v) is 8.54. The standard InChI is InChI=1S/C33H32O3/c1-35-32-22-8-21-31(32,23-24-36-32)33(34,29-17-13-27(14-18-29)25-9-4-2-5-10-25)30-19-15-28(16-20-30)26-11-6-3-7-12-26/h2-7,9-20,34H,8,21-24H2,1H3/t31-,32+/m1/s1. The van der Waals surface area contributed by atoms with E-state index in [0.29, 0.717) is 6.61 Å². The van der Waals surface area contributed by atoms with Crippen LogP contribution in [0, 0.1) is 5.41 Å². The van der Waals surface area contributed by atoms with Gasteiger partial charge in [-0.05, 0) is 52.6 Å². The molecule has 1 aliphatic carbocycles. The van der Waals surface area contributed by atoms with Crippen LogP contribution < -0.4 is 0 Å². The largest absolute Gasteiger partial charge is 0.380 e. The average molecular weight is 477 g/mol. The van der Waals surface area contributed by atoms with E-state index in [4.69, 9.17) is 9.47 Å². The molecule has 6 rings (SSSR count). The first-order valence-corrected chi connectivity index (χ1v) is 12.9. The minimum absolute atomic E-state index is 0.572. The molecule has 0 spiro atoms. The minimum atomic E-state index is -1.26. The number of hydrogen-bond acceptors (Lipinski definition) is 3. The molecule has 0 unspecified atom stereocenters. The second-order valence-corrected chi connectivity index (χ2v) is 10.1. The number of fused-ring (bicyclic) bond motifs is 1. The quantitative estimate of drug-likeness (QED) is 0.320. The van der Waals surface area contributed by atoms with Crippen LogP contribution in [0.1, 0.15) is 36.8 Å². The fourth-order valence-electron chi connectivity index (χ4n) is 6.75. The summed E-state index contributed by atoms with van der Waals surface area (Å²) >= 11 is 0. The first kappa shape index (κ1) is 23.2. The summed E-state index contributed by atoms with van der Waals surface area (Å²) in [7, 11) is 1.73. The van der Waals surface area contributed by atoms with Crippen molar-refractivity contribution in [3.05, 3.63) is 120 Å². The lowest BCUT2D eigenvalue weighted by atomic mass is 9.60. The smallest absolute Gasteiger partial charge is 0.176 e. The second-order valence-electron chi connectivity index (χ2n) is 10.1. The Morgan fingerprint density at radius 3 is 1.58 bits per heavy atom. The van der Waals surface area contributed by atoms with Gasteiger partial charge >= 0.3 is 0 Å². The van der Waals surface area contributed by atoms with E-state index in [0.717, 1.165) is 59.1 Å². The van der Waals surface area contributed by atoms with Crippen molar-refractivity contribution in [3.8, 4) is 22.3 Å². The van der Waals surface area contributed by atoms with E-state index in [1.807, 2.05) is 36.4 Å². The minimum Gasteiger partial charge on any atom is -0.380 e. The molecule has 1 heterocycles. The molecule has 0 bridgehead atoms. The first-order valence-electron chi connectivity index (χ1n) is 12.9. The van der Waals surface area contributed by atoms with Crippen molar-refractivity contribution in [2.24, 2.45) is 5.41 Å². The Kier molecular flexibility index (Phi) is 5.80. The van der Waals surface area contributed by atoms with Crippen LogP contribution in [-0.4, -0.2) is 24.6 Å². The molecule has 36 heavy (non-hydrogen) atoms. The van der Waals surface area contributed by atoms with Crippen LogP contribution in [0.15, 0.2) is 109 Å². The number of aliphatic hydroxyl groups is 1. The van der Waals surface area contributed by atoms with Crippen LogP contribution in [-0.2, 0) is 15.1 Å². The molecule has 1 saturated heterocycles. The molecular weight excluding hydrogens is 444 g/mol. The highest BCUT2D eigenvalue weighted by Crippen LogP contribution is 2.65. The molecular formula is C33H32O3. The van der Waals surface area contributed by atoms with Gasteiger partial charge in [-0.2, -0.15) is 0 Å². The Morgan fingerprint density at radius 1 is 0.639 bits per heavy atom. The van der Waals surface area contributed by atoms with Crippen molar-refractivity contribution in [2.45, 2.75) is 37.1 Å². The molecule has 1 aliphatic heterocycles. The summed E-state index contributed by atoms with van der Waals surface area (Å²) in [6.45, 7) is 0.584. The van der Waals surface area contributed by atoms with Crippen molar-refractivity contribution in [1.29, 1.82) is 0 Å². The maximum atomic E-state index is 13.0. The molecule has 1 saturated carbocycles. The van der Waals surface area contributed by atoms with Gasteiger partial charge in [-0.3, -0.25) is 0 Å². The van der Waals surface area contributed by atoms with E-state index in [2.05, 4.69) is 72.8 Å². The van der Waals surface area contributed by atoms with Crippen LogP contribution in [0.4, 0.5) is 0 Å². The zero-order valence-electron chi connectivity index (χ0n) is 20.7. The van der Waals surface area contributed by atoms with Crippen LogP contribution in [0.2, 0.25) is 0 Å². The highest BCUT2D eigenvalue weighted by molar-refractivity contribution is 5.65. The Labute approximate surface area is 213 Å². The van der Waals surface area contributed by atoms with E-state index in [1.165, 1.54) is 0 Å². The van der Waals surface area contributed by atoms with Gasteiger partial charge in [-0.15, -0.1) is 0 Å². The monoisotopic (exact) mass is 476 g/mol. The van der Waals surface area contributed by atoms with Crippen molar-refractivity contribution >= 4 is 0 Å². The summed E-state index contributed by atoms with van der Waals surface area (Å²) in [6.07, 6.45) is 3.34. The van der Waals surface area contributed by atoms with E-state index < -0.39 is 16.8 Å². The molecule has 4 aromatic rings. The fourth-order valence-corrected chi connectivity index (χ4v) is 6.75. The first-order chi connectivity index (χ1) is 17.6. The summed E-state index contributed by atoms with van der Waals surface area (Å²) in [4.78, 5) is 0. The number of hydrogen-bond donors (Lipinski definition) is 1.